The van der Waals surface area contributed by atoms with Crippen LogP contribution in [0.2, 0.25) is 0 Å². The molecule has 0 aliphatic rings. The van der Waals surface area contributed by atoms with Gasteiger partial charge < -0.3 is 27.2 Å². The number of hydrogen-bond donors (Lipinski definition) is 5. The number of hydrogen-bond acceptors (Lipinski definition) is 6. The van der Waals surface area contributed by atoms with Crippen molar-refractivity contribution in [1.29, 1.82) is 0 Å². The lowest BCUT2D eigenvalue weighted by Gasteiger charge is -2.23. The Morgan fingerprint density at radius 1 is 1.03 bits per heavy atom. The van der Waals surface area contributed by atoms with E-state index in [9.17, 15) is 19.5 Å². The van der Waals surface area contributed by atoms with Crippen LogP contribution < -0.4 is 22.1 Å². The van der Waals surface area contributed by atoms with Crippen molar-refractivity contribution in [2.24, 2.45) is 11.5 Å². The van der Waals surface area contributed by atoms with Crippen LogP contribution in [0.5, 0.6) is 0 Å². The monoisotopic (exact) mass is 424 g/mol. The summed E-state index contributed by atoms with van der Waals surface area (Å²) in [4.78, 5) is 36.6. The summed E-state index contributed by atoms with van der Waals surface area (Å²) in [6.45, 7) is 0.473. The Morgan fingerprint density at radius 3 is 2.28 bits per heavy atom. The van der Waals surface area contributed by atoms with Gasteiger partial charge in [0.25, 0.3) is 0 Å². The van der Waals surface area contributed by atoms with E-state index in [0.717, 1.165) is 5.56 Å². The molecule has 3 unspecified atom stereocenters. The van der Waals surface area contributed by atoms with Gasteiger partial charge in [0.05, 0.1) is 6.04 Å². The van der Waals surface area contributed by atoms with Crippen LogP contribution >= 0.6 is 11.8 Å². The van der Waals surface area contributed by atoms with Gasteiger partial charge in [0, 0.05) is 0 Å². The smallest absolute Gasteiger partial charge is 0.326 e. The molecular weight excluding hydrogens is 392 g/mol. The number of aliphatic carboxylic acids is 1. The zero-order chi connectivity index (χ0) is 21.6. The van der Waals surface area contributed by atoms with Crippen LogP contribution in [0, 0.1) is 0 Å². The minimum Gasteiger partial charge on any atom is -0.480 e. The number of rotatable bonds is 14. The third-order valence-corrected chi connectivity index (χ3v) is 5.08. The van der Waals surface area contributed by atoms with Gasteiger partial charge in [-0.15, -0.1) is 0 Å². The molecule has 0 radical (unpaired) electrons. The highest BCUT2D eigenvalue weighted by Crippen LogP contribution is 2.07. The Hall–Kier alpha value is -2.10. The molecule has 29 heavy (non-hydrogen) atoms. The molecule has 1 aromatic rings. The molecule has 0 aromatic heterocycles. The molecule has 0 bridgehead atoms. The average Bonchev–Trinajstić information content (AvgIpc) is 2.70. The van der Waals surface area contributed by atoms with Crippen molar-refractivity contribution in [3.8, 4) is 0 Å². The molecule has 2 amide bonds. The third kappa shape index (κ3) is 9.78. The van der Waals surface area contributed by atoms with E-state index >= 15 is 0 Å². The molecule has 7 N–H and O–H groups in total. The van der Waals surface area contributed by atoms with Crippen LogP contribution in [0.4, 0.5) is 0 Å². The first kappa shape index (κ1) is 24.9. The third-order valence-electron chi connectivity index (χ3n) is 4.44. The zero-order valence-corrected chi connectivity index (χ0v) is 17.6. The van der Waals surface area contributed by atoms with Gasteiger partial charge in [-0.2, -0.15) is 11.8 Å². The molecule has 0 aliphatic heterocycles. The molecule has 3 atom stereocenters. The lowest BCUT2D eigenvalue weighted by molar-refractivity contribution is -0.142. The minimum absolute atomic E-state index is 0.305. The summed E-state index contributed by atoms with van der Waals surface area (Å²) in [5.41, 5.74) is 12.4. The number of benzene rings is 1. The second kappa shape index (κ2) is 14.0. The predicted octanol–water partition coefficient (Wildman–Crippen LogP) is 0.493. The fourth-order valence-corrected chi connectivity index (χ4v) is 3.24. The van der Waals surface area contributed by atoms with Crippen LogP contribution in [0.3, 0.4) is 0 Å². The van der Waals surface area contributed by atoms with Gasteiger partial charge in [-0.3, -0.25) is 9.59 Å². The van der Waals surface area contributed by atoms with Gasteiger partial charge in [-0.1, -0.05) is 30.3 Å². The number of carbonyl (C=O) groups excluding carboxylic acids is 2. The first-order valence-electron chi connectivity index (χ1n) is 9.71. The number of carbonyl (C=O) groups is 3. The Labute approximate surface area is 176 Å². The van der Waals surface area contributed by atoms with E-state index in [1.165, 1.54) is 11.8 Å². The second-order valence-corrected chi connectivity index (χ2v) is 7.81. The van der Waals surface area contributed by atoms with Gasteiger partial charge in [-0.25, -0.2) is 4.79 Å². The first-order chi connectivity index (χ1) is 13.9. The quantitative estimate of drug-likeness (QED) is 0.273. The maximum atomic E-state index is 12.7. The first-order valence-corrected chi connectivity index (χ1v) is 11.1. The molecule has 9 heteroatoms. The van der Waals surface area contributed by atoms with Crippen LogP contribution in [-0.4, -0.2) is 59.6 Å². The Kier molecular flexibility index (Phi) is 12.0. The van der Waals surface area contributed by atoms with E-state index in [1.807, 2.05) is 36.6 Å². The Balaban J connectivity index is 2.74. The zero-order valence-electron chi connectivity index (χ0n) is 16.8. The molecule has 0 fully saturated rings. The van der Waals surface area contributed by atoms with Crippen LogP contribution in [-0.2, 0) is 20.8 Å². The fourth-order valence-electron chi connectivity index (χ4n) is 2.77. The maximum absolute atomic E-state index is 12.7. The van der Waals surface area contributed by atoms with Crippen molar-refractivity contribution in [3.05, 3.63) is 35.9 Å². The van der Waals surface area contributed by atoms with Crippen LogP contribution in [0.25, 0.3) is 0 Å². The summed E-state index contributed by atoms with van der Waals surface area (Å²) in [7, 11) is 0. The Morgan fingerprint density at radius 2 is 1.69 bits per heavy atom. The lowest BCUT2D eigenvalue weighted by Crippen LogP contribution is -2.54. The van der Waals surface area contributed by atoms with Crippen molar-refractivity contribution in [1.82, 2.24) is 10.6 Å². The SMILES string of the molecule is CSCCC(NC(=O)C(CCCCN)NC(=O)C(N)Cc1ccccc1)C(=O)O. The summed E-state index contributed by atoms with van der Waals surface area (Å²) in [6.07, 6.45) is 4.21. The van der Waals surface area contributed by atoms with E-state index in [2.05, 4.69) is 10.6 Å². The molecule has 0 spiro atoms. The largest absolute Gasteiger partial charge is 0.480 e. The number of carboxylic acids is 1. The van der Waals surface area contributed by atoms with Gasteiger partial charge >= 0.3 is 5.97 Å². The molecule has 0 saturated heterocycles. The predicted molar refractivity (Wildman–Crippen MR) is 116 cm³/mol. The number of thioether (sulfide) groups is 1. The molecule has 1 rings (SSSR count). The molecule has 0 aliphatic carbocycles. The molecule has 0 heterocycles. The summed E-state index contributed by atoms with van der Waals surface area (Å²) < 4.78 is 0. The lowest BCUT2D eigenvalue weighted by atomic mass is 10.0. The van der Waals surface area contributed by atoms with Gasteiger partial charge in [0.1, 0.15) is 12.1 Å². The highest BCUT2D eigenvalue weighted by atomic mass is 32.2. The number of unbranched alkanes of at least 4 members (excludes halogenated alkanes) is 1. The summed E-state index contributed by atoms with van der Waals surface area (Å²) in [6, 6.07) is 6.70. The normalized spacial score (nSPS) is 13.9. The highest BCUT2D eigenvalue weighted by Gasteiger charge is 2.27. The van der Waals surface area contributed by atoms with Crippen LogP contribution in [0.15, 0.2) is 30.3 Å². The van der Waals surface area contributed by atoms with E-state index < -0.39 is 35.9 Å². The van der Waals surface area contributed by atoms with Crippen molar-refractivity contribution in [2.45, 2.75) is 50.2 Å². The van der Waals surface area contributed by atoms with Crippen molar-refractivity contribution in [3.63, 3.8) is 0 Å². The Bertz CT molecular complexity index is 645. The summed E-state index contributed by atoms with van der Waals surface area (Å²) >= 11 is 1.50. The average molecular weight is 425 g/mol. The molecule has 8 nitrogen and oxygen atoms in total. The molecular formula is C20H32N4O4S. The highest BCUT2D eigenvalue weighted by molar-refractivity contribution is 7.98. The van der Waals surface area contributed by atoms with Gasteiger partial charge in [0.2, 0.25) is 11.8 Å². The van der Waals surface area contributed by atoms with Gasteiger partial charge in [0.15, 0.2) is 0 Å². The standard InChI is InChI=1S/C20H32N4O4S/c1-29-12-10-17(20(27)28)24-19(26)16(9-5-6-11-21)23-18(25)15(22)13-14-7-3-2-4-8-14/h2-4,7-8,15-17H,5-6,9-13,21-22H2,1H3,(H,23,25)(H,24,26)(H,27,28). The number of carboxylic acid groups (broad SMARTS) is 1. The molecule has 1 aromatic carbocycles. The molecule has 162 valence electrons. The van der Waals surface area contributed by atoms with E-state index in [-0.39, 0.29) is 0 Å². The fraction of sp³-hybridized carbons (Fsp3) is 0.550. The number of nitrogens with one attached hydrogen (secondary N) is 2. The van der Waals surface area contributed by atoms with Crippen molar-refractivity contribution < 1.29 is 19.5 Å². The van der Waals surface area contributed by atoms with Crippen LogP contribution in [0.1, 0.15) is 31.2 Å². The second-order valence-electron chi connectivity index (χ2n) is 6.82. The summed E-state index contributed by atoms with van der Waals surface area (Å²) in [5, 5.41) is 14.5. The topological polar surface area (TPSA) is 148 Å². The summed E-state index contributed by atoms with van der Waals surface area (Å²) in [5.74, 6) is -1.46. The minimum atomic E-state index is -1.10. The number of amides is 2. The molecule has 0 saturated carbocycles. The number of nitrogens with two attached hydrogens (primary N) is 2. The van der Waals surface area contributed by atoms with Crippen molar-refractivity contribution >= 4 is 29.5 Å². The van der Waals surface area contributed by atoms with E-state index in [4.69, 9.17) is 11.5 Å². The maximum Gasteiger partial charge on any atom is 0.326 e. The van der Waals surface area contributed by atoms with E-state index in [0.29, 0.717) is 44.4 Å². The van der Waals surface area contributed by atoms with Crippen molar-refractivity contribution in [2.75, 3.05) is 18.6 Å². The van der Waals surface area contributed by atoms with E-state index in [1.54, 1.807) is 0 Å². The van der Waals surface area contributed by atoms with Gasteiger partial charge in [-0.05, 0) is 56.2 Å².